The number of carbonyl (C=O) groups is 1. The molecule has 0 N–H and O–H groups in total. The van der Waals surface area contributed by atoms with Crippen LogP contribution in [-0.2, 0) is 4.79 Å². The van der Waals surface area contributed by atoms with E-state index in [0.29, 0.717) is 28.4 Å². The molecule has 1 fully saturated rings. The lowest BCUT2D eigenvalue weighted by Gasteiger charge is -2.12. The van der Waals surface area contributed by atoms with Crippen LogP contribution < -0.4 is 0 Å². The van der Waals surface area contributed by atoms with Crippen LogP contribution in [0.15, 0.2) is 65.0 Å². The maximum Gasteiger partial charge on any atom is 0.267 e. The number of nitrogens with zero attached hydrogens (tertiary/aromatic N) is 3. The second-order valence-corrected chi connectivity index (χ2v) is 7.68. The first-order chi connectivity index (χ1) is 13.0. The topological polar surface area (TPSA) is 45.6 Å². The highest BCUT2D eigenvalue weighted by molar-refractivity contribution is 8.18. The van der Waals surface area contributed by atoms with Crippen LogP contribution in [0.4, 0.5) is 5.82 Å². The molecule has 4 nitrogen and oxygen atoms in total. The van der Waals surface area contributed by atoms with Crippen molar-refractivity contribution in [3.05, 3.63) is 76.8 Å². The minimum absolute atomic E-state index is 0.0563. The Morgan fingerprint density at radius 2 is 1.96 bits per heavy atom. The van der Waals surface area contributed by atoms with E-state index in [2.05, 4.69) is 42.5 Å². The maximum absolute atomic E-state index is 12.8. The number of hydrogen-bond donors (Lipinski definition) is 0. The Hall–Kier alpha value is -2.66. The van der Waals surface area contributed by atoms with Crippen molar-refractivity contribution in [2.75, 3.05) is 6.54 Å². The van der Waals surface area contributed by atoms with Gasteiger partial charge in [0.1, 0.15) is 0 Å². The molecule has 0 unspecified atom stereocenters. The molecule has 5 heteroatoms. The van der Waals surface area contributed by atoms with Gasteiger partial charge >= 0.3 is 0 Å². The zero-order valence-electron chi connectivity index (χ0n) is 15.8. The Morgan fingerprint density at radius 1 is 1.22 bits per heavy atom. The molecule has 1 aliphatic rings. The standard InChI is InChI=1S/C22H23N3OS/c1-5-13-25-21(26)19(14-17-9-11-18(12-10-17)15(2)3)27-22(25)24-20-8-6-7-16(4)23-20/h5-12,14-15H,1,13H2,2-4H3/b19-14-,24-22+. The number of amidine groups is 1. The summed E-state index contributed by atoms with van der Waals surface area (Å²) in [5, 5.41) is 0.628. The van der Waals surface area contributed by atoms with Gasteiger partial charge in [0.25, 0.3) is 5.91 Å². The van der Waals surface area contributed by atoms with Crippen molar-refractivity contribution in [2.45, 2.75) is 26.7 Å². The van der Waals surface area contributed by atoms with Gasteiger partial charge in [-0.05, 0) is 53.9 Å². The lowest BCUT2D eigenvalue weighted by atomic mass is 10.0. The number of rotatable bonds is 5. The molecule has 0 aliphatic carbocycles. The summed E-state index contributed by atoms with van der Waals surface area (Å²) in [6.45, 7) is 10.4. The minimum Gasteiger partial charge on any atom is -0.282 e. The molecule has 2 aromatic rings. The van der Waals surface area contributed by atoms with E-state index in [1.807, 2.05) is 43.3 Å². The van der Waals surface area contributed by atoms with Crippen LogP contribution in [0.3, 0.4) is 0 Å². The molecule has 1 amide bonds. The van der Waals surface area contributed by atoms with E-state index in [1.54, 1.807) is 11.0 Å². The Balaban J connectivity index is 1.91. The molecule has 0 atom stereocenters. The molecule has 0 bridgehead atoms. The van der Waals surface area contributed by atoms with Crippen LogP contribution in [0.2, 0.25) is 0 Å². The summed E-state index contributed by atoms with van der Waals surface area (Å²) >= 11 is 1.37. The normalized spacial score (nSPS) is 17.3. The van der Waals surface area contributed by atoms with E-state index in [1.165, 1.54) is 17.3 Å². The van der Waals surface area contributed by atoms with E-state index in [9.17, 15) is 4.79 Å². The quantitative estimate of drug-likeness (QED) is 0.524. The van der Waals surface area contributed by atoms with Crippen molar-refractivity contribution in [2.24, 2.45) is 4.99 Å². The van der Waals surface area contributed by atoms with Gasteiger partial charge < -0.3 is 0 Å². The third-order valence-corrected chi connectivity index (χ3v) is 5.19. The summed E-state index contributed by atoms with van der Waals surface area (Å²) in [4.78, 5) is 24.1. The zero-order chi connectivity index (χ0) is 19.4. The molecule has 0 spiro atoms. The van der Waals surface area contributed by atoms with E-state index in [4.69, 9.17) is 0 Å². The summed E-state index contributed by atoms with van der Waals surface area (Å²) in [6, 6.07) is 14.0. The van der Waals surface area contributed by atoms with Crippen molar-refractivity contribution in [1.82, 2.24) is 9.88 Å². The Kier molecular flexibility index (Phi) is 5.91. The lowest BCUT2D eigenvalue weighted by molar-refractivity contribution is -0.121. The van der Waals surface area contributed by atoms with Crippen LogP contribution in [0.5, 0.6) is 0 Å². The number of carbonyl (C=O) groups excluding carboxylic acids is 1. The summed E-state index contributed by atoms with van der Waals surface area (Å²) in [5.74, 6) is 1.03. The van der Waals surface area contributed by atoms with Crippen LogP contribution in [-0.4, -0.2) is 27.5 Å². The molecule has 2 heterocycles. The van der Waals surface area contributed by atoms with Crippen LogP contribution in [0, 0.1) is 6.92 Å². The molecular weight excluding hydrogens is 354 g/mol. The number of benzene rings is 1. The highest BCUT2D eigenvalue weighted by Gasteiger charge is 2.32. The first kappa shape index (κ1) is 19.1. The number of aromatic nitrogens is 1. The van der Waals surface area contributed by atoms with Crippen molar-refractivity contribution >= 4 is 34.7 Å². The van der Waals surface area contributed by atoms with Gasteiger partial charge in [0, 0.05) is 12.2 Å². The predicted molar refractivity (Wildman–Crippen MR) is 114 cm³/mol. The van der Waals surface area contributed by atoms with E-state index < -0.39 is 0 Å². The molecule has 1 aliphatic heterocycles. The summed E-state index contributed by atoms with van der Waals surface area (Å²) in [5.41, 5.74) is 3.18. The van der Waals surface area contributed by atoms with Gasteiger partial charge in [0.2, 0.25) is 0 Å². The van der Waals surface area contributed by atoms with Gasteiger partial charge in [0.05, 0.1) is 4.91 Å². The molecule has 0 saturated carbocycles. The molecular formula is C22H23N3OS. The number of aliphatic imine (C=N–C) groups is 1. The second-order valence-electron chi connectivity index (χ2n) is 6.67. The second kappa shape index (κ2) is 8.35. The first-order valence-corrected chi connectivity index (χ1v) is 9.74. The summed E-state index contributed by atoms with van der Waals surface area (Å²) in [7, 11) is 0. The van der Waals surface area contributed by atoms with Gasteiger partial charge in [-0.3, -0.25) is 9.69 Å². The number of hydrogen-bond acceptors (Lipinski definition) is 4. The molecule has 1 aromatic heterocycles. The van der Waals surface area contributed by atoms with Crippen molar-refractivity contribution in [1.29, 1.82) is 0 Å². The van der Waals surface area contributed by atoms with Crippen molar-refractivity contribution < 1.29 is 4.79 Å². The molecule has 1 aromatic carbocycles. The Morgan fingerprint density at radius 3 is 2.59 bits per heavy atom. The fourth-order valence-corrected chi connectivity index (χ4v) is 3.69. The van der Waals surface area contributed by atoms with Crippen LogP contribution >= 0.6 is 11.8 Å². The van der Waals surface area contributed by atoms with Gasteiger partial charge in [-0.1, -0.05) is 50.3 Å². The molecule has 0 radical (unpaired) electrons. The summed E-state index contributed by atoms with van der Waals surface area (Å²) in [6.07, 6.45) is 3.62. The predicted octanol–water partition coefficient (Wildman–Crippen LogP) is 5.30. The van der Waals surface area contributed by atoms with E-state index >= 15 is 0 Å². The largest absolute Gasteiger partial charge is 0.282 e. The molecule has 1 saturated heterocycles. The third-order valence-electron chi connectivity index (χ3n) is 4.18. The smallest absolute Gasteiger partial charge is 0.267 e. The van der Waals surface area contributed by atoms with Crippen LogP contribution in [0.1, 0.15) is 36.6 Å². The lowest BCUT2D eigenvalue weighted by Crippen LogP contribution is -2.29. The van der Waals surface area contributed by atoms with Crippen LogP contribution in [0.25, 0.3) is 6.08 Å². The number of amides is 1. The van der Waals surface area contributed by atoms with Crippen molar-refractivity contribution in [3.63, 3.8) is 0 Å². The highest BCUT2D eigenvalue weighted by atomic mass is 32.2. The van der Waals surface area contributed by atoms with E-state index in [-0.39, 0.29) is 5.91 Å². The average molecular weight is 378 g/mol. The van der Waals surface area contributed by atoms with Crippen molar-refractivity contribution in [3.8, 4) is 0 Å². The zero-order valence-corrected chi connectivity index (χ0v) is 16.7. The summed E-state index contributed by atoms with van der Waals surface area (Å²) < 4.78 is 0. The number of pyridine rings is 1. The minimum atomic E-state index is -0.0563. The van der Waals surface area contributed by atoms with Gasteiger partial charge in [0.15, 0.2) is 11.0 Å². The fourth-order valence-electron chi connectivity index (χ4n) is 2.70. The molecule has 3 rings (SSSR count). The highest BCUT2D eigenvalue weighted by Crippen LogP contribution is 2.34. The third kappa shape index (κ3) is 4.55. The first-order valence-electron chi connectivity index (χ1n) is 8.92. The van der Waals surface area contributed by atoms with E-state index in [0.717, 1.165) is 11.3 Å². The monoisotopic (exact) mass is 377 g/mol. The average Bonchev–Trinajstić information content (AvgIpc) is 2.91. The maximum atomic E-state index is 12.8. The Bertz CT molecular complexity index is 913. The fraction of sp³-hybridized carbons (Fsp3) is 0.227. The van der Waals surface area contributed by atoms with Gasteiger partial charge in [-0.25, -0.2) is 9.98 Å². The SMILES string of the molecule is C=CCN1C(=O)/C(=C/c2ccc(C(C)C)cc2)S/C1=N/c1cccc(C)n1. The number of thioether (sulfide) groups is 1. The van der Waals surface area contributed by atoms with Gasteiger partial charge in [-0.2, -0.15) is 0 Å². The molecule has 138 valence electrons. The molecule has 27 heavy (non-hydrogen) atoms. The number of aryl methyl sites for hydroxylation is 1. The Labute approximate surface area is 164 Å². The van der Waals surface area contributed by atoms with Gasteiger partial charge in [-0.15, -0.1) is 6.58 Å².